The first-order chi connectivity index (χ1) is 12.1. The first kappa shape index (κ1) is 19.7. The van der Waals surface area contributed by atoms with Crippen molar-refractivity contribution in [1.29, 1.82) is 0 Å². The molecule has 2 amide bonds. The Labute approximate surface area is 153 Å². The molecule has 8 nitrogen and oxygen atoms in total. The molecule has 1 aliphatic rings. The van der Waals surface area contributed by atoms with Crippen molar-refractivity contribution in [3.8, 4) is 5.88 Å². The van der Waals surface area contributed by atoms with Crippen LogP contribution in [0.2, 0.25) is 0 Å². The lowest BCUT2D eigenvalue weighted by Gasteiger charge is -2.35. The molecule has 1 aromatic rings. The van der Waals surface area contributed by atoms with Crippen LogP contribution in [0.3, 0.4) is 0 Å². The molecule has 1 aromatic heterocycles. The largest absolute Gasteiger partial charge is 0.444 e. The number of nitrogens with zero attached hydrogens (tertiary/aromatic N) is 3. The molecule has 0 N–H and O–H groups in total. The second-order valence-corrected chi connectivity index (χ2v) is 7.17. The maximum Gasteiger partial charge on any atom is 0.410 e. The molecule has 0 radical (unpaired) electrons. The minimum atomic E-state index is -0.553. The van der Waals surface area contributed by atoms with Crippen LogP contribution < -0.4 is 4.74 Å². The fourth-order valence-electron chi connectivity index (χ4n) is 2.50. The van der Waals surface area contributed by atoms with Crippen LogP contribution in [-0.2, 0) is 9.53 Å². The number of aryl methyl sites for hydroxylation is 1. The molecule has 142 valence electrons. The number of rotatable bonds is 2. The van der Waals surface area contributed by atoms with Gasteiger partial charge < -0.3 is 19.3 Å². The van der Waals surface area contributed by atoms with E-state index < -0.39 is 11.6 Å². The molecule has 0 bridgehead atoms. The number of carbonyl (C=O) groups is 3. The number of piperazine rings is 1. The topological polar surface area (TPSA) is 89.0 Å². The summed E-state index contributed by atoms with van der Waals surface area (Å²) in [6.07, 6.45) is -0.379. The van der Waals surface area contributed by atoms with Crippen molar-refractivity contribution in [3.63, 3.8) is 0 Å². The summed E-state index contributed by atoms with van der Waals surface area (Å²) >= 11 is 0. The Kier molecular flexibility index (Phi) is 5.84. The summed E-state index contributed by atoms with van der Waals surface area (Å²) in [7, 11) is 0. The van der Waals surface area contributed by atoms with E-state index in [1.165, 1.54) is 6.92 Å². The van der Waals surface area contributed by atoms with Crippen LogP contribution in [0.5, 0.6) is 5.88 Å². The Morgan fingerprint density at radius 3 is 2.15 bits per heavy atom. The zero-order valence-electron chi connectivity index (χ0n) is 15.9. The quantitative estimate of drug-likeness (QED) is 0.747. The third-order valence-corrected chi connectivity index (χ3v) is 3.74. The summed E-state index contributed by atoms with van der Waals surface area (Å²) in [6, 6.07) is 3.24. The van der Waals surface area contributed by atoms with Crippen molar-refractivity contribution in [2.75, 3.05) is 26.2 Å². The molecule has 1 saturated heterocycles. The van der Waals surface area contributed by atoms with E-state index in [2.05, 4.69) is 4.98 Å². The number of carbonyl (C=O) groups excluding carboxylic acids is 3. The van der Waals surface area contributed by atoms with Crippen LogP contribution in [0.25, 0.3) is 0 Å². The number of aromatic nitrogens is 1. The van der Waals surface area contributed by atoms with Gasteiger partial charge in [0.15, 0.2) is 0 Å². The molecule has 26 heavy (non-hydrogen) atoms. The second-order valence-electron chi connectivity index (χ2n) is 7.17. The van der Waals surface area contributed by atoms with Crippen LogP contribution in [-0.4, -0.2) is 64.5 Å². The minimum absolute atomic E-state index is 0.0961. The first-order valence-corrected chi connectivity index (χ1v) is 8.50. The molecule has 8 heteroatoms. The minimum Gasteiger partial charge on any atom is -0.444 e. The van der Waals surface area contributed by atoms with Crippen molar-refractivity contribution in [3.05, 3.63) is 23.4 Å². The molecule has 0 unspecified atom stereocenters. The van der Waals surface area contributed by atoms with E-state index in [9.17, 15) is 14.4 Å². The summed E-state index contributed by atoms with van der Waals surface area (Å²) < 4.78 is 10.3. The predicted octanol–water partition coefficient (Wildman–Crippen LogP) is 2.01. The molecular weight excluding hydrogens is 338 g/mol. The van der Waals surface area contributed by atoms with Crippen LogP contribution in [0.1, 0.15) is 43.7 Å². The number of pyridine rings is 1. The van der Waals surface area contributed by atoms with Crippen LogP contribution in [0.4, 0.5) is 4.79 Å². The summed E-state index contributed by atoms with van der Waals surface area (Å²) in [5.41, 5.74) is 0.386. The average molecular weight is 363 g/mol. The Morgan fingerprint density at radius 2 is 1.62 bits per heavy atom. The molecule has 1 aliphatic heterocycles. The second kappa shape index (κ2) is 7.72. The maximum atomic E-state index is 12.8. The van der Waals surface area contributed by atoms with Gasteiger partial charge in [-0.15, -0.1) is 0 Å². The molecule has 0 spiro atoms. The van der Waals surface area contributed by atoms with Crippen molar-refractivity contribution < 1.29 is 23.9 Å². The van der Waals surface area contributed by atoms with Gasteiger partial charge in [0.1, 0.15) is 11.3 Å². The van der Waals surface area contributed by atoms with Crippen LogP contribution in [0, 0.1) is 6.92 Å². The molecule has 0 atom stereocenters. The highest BCUT2D eigenvalue weighted by Crippen LogP contribution is 2.17. The number of ether oxygens (including phenoxy) is 2. The standard InChI is InChI=1S/C18H25N3O5/c1-12-6-7-14(25-13(2)22)19-15(12)16(23)20-8-10-21(11-9-20)17(24)26-18(3,4)5/h6-7H,8-11H2,1-5H3. The van der Waals surface area contributed by atoms with E-state index in [0.717, 1.165) is 0 Å². The third kappa shape index (κ3) is 5.18. The lowest BCUT2D eigenvalue weighted by molar-refractivity contribution is -0.132. The molecule has 1 fully saturated rings. The smallest absolute Gasteiger partial charge is 0.410 e. The first-order valence-electron chi connectivity index (χ1n) is 8.50. The fourth-order valence-corrected chi connectivity index (χ4v) is 2.50. The van der Waals surface area contributed by atoms with E-state index in [-0.39, 0.29) is 23.6 Å². The Balaban J connectivity index is 2.02. The Morgan fingerprint density at radius 1 is 1.04 bits per heavy atom. The highest BCUT2D eigenvalue weighted by atomic mass is 16.6. The van der Waals surface area contributed by atoms with Crippen molar-refractivity contribution in [2.45, 2.75) is 40.2 Å². The van der Waals surface area contributed by atoms with Gasteiger partial charge in [-0.05, 0) is 33.3 Å². The fraction of sp³-hybridized carbons (Fsp3) is 0.556. The zero-order chi connectivity index (χ0) is 19.5. The summed E-state index contributed by atoms with van der Waals surface area (Å²) in [5.74, 6) is -0.648. The zero-order valence-corrected chi connectivity index (χ0v) is 15.9. The molecular formula is C18H25N3O5. The van der Waals surface area contributed by atoms with E-state index in [1.807, 2.05) is 20.8 Å². The van der Waals surface area contributed by atoms with Crippen LogP contribution in [0.15, 0.2) is 12.1 Å². The molecule has 0 saturated carbocycles. The Hall–Kier alpha value is -2.64. The molecule has 0 aromatic carbocycles. The molecule has 0 aliphatic carbocycles. The van der Waals surface area contributed by atoms with Gasteiger partial charge in [-0.1, -0.05) is 6.07 Å². The SMILES string of the molecule is CC(=O)Oc1ccc(C)c(C(=O)N2CCN(C(=O)OC(C)(C)C)CC2)n1. The third-order valence-electron chi connectivity index (χ3n) is 3.74. The van der Waals surface area contributed by atoms with Gasteiger partial charge in [0, 0.05) is 39.2 Å². The van der Waals surface area contributed by atoms with E-state index in [1.54, 1.807) is 28.9 Å². The Bertz CT molecular complexity index is 703. The number of hydrogen-bond donors (Lipinski definition) is 0. The monoisotopic (exact) mass is 363 g/mol. The van der Waals surface area contributed by atoms with Gasteiger partial charge in [0.25, 0.3) is 5.91 Å². The highest BCUT2D eigenvalue weighted by Gasteiger charge is 2.29. The number of amides is 2. The van der Waals surface area contributed by atoms with Crippen molar-refractivity contribution in [1.82, 2.24) is 14.8 Å². The maximum absolute atomic E-state index is 12.8. The summed E-state index contributed by atoms with van der Waals surface area (Å²) in [5, 5.41) is 0. The normalized spacial score (nSPS) is 14.8. The van der Waals surface area contributed by atoms with Gasteiger partial charge in [-0.3, -0.25) is 9.59 Å². The lowest BCUT2D eigenvalue weighted by atomic mass is 10.2. The van der Waals surface area contributed by atoms with Gasteiger partial charge >= 0.3 is 12.1 Å². The van der Waals surface area contributed by atoms with Gasteiger partial charge in [0.2, 0.25) is 5.88 Å². The molecule has 2 heterocycles. The summed E-state index contributed by atoms with van der Waals surface area (Å²) in [4.78, 5) is 43.3. The van der Waals surface area contributed by atoms with E-state index >= 15 is 0 Å². The van der Waals surface area contributed by atoms with Gasteiger partial charge in [-0.2, -0.15) is 0 Å². The van der Waals surface area contributed by atoms with Crippen LogP contribution >= 0.6 is 0 Å². The lowest BCUT2D eigenvalue weighted by Crippen LogP contribution is -2.51. The highest BCUT2D eigenvalue weighted by molar-refractivity contribution is 5.94. The predicted molar refractivity (Wildman–Crippen MR) is 94.0 cm³/mol. The molecule has 2 rings (SSSR count). The van der Waals surface area contributed by atoms with Crippen molar-refractivity contribution in [2.24, 2.45) is 0 Å². The number of esters is 1. The summed E-state index contributed by atoms with van der Waals surface area (Å²) in [6.45, 7) is 10.0. The van der Waals surface area contributed by atoms with E-state index in [4.69, 9.17) is 9.47 Å². The van der Waals surface area contributed by atoms with E-state index in [0.29, 0.717) is 31.7 Å². The average Bonchev–Trinajstić information content (AvgIpc) is 2.54. The number of hydrogen-bond acceptors (Lipinski definition) is 6. The van der Waals surface area contributed by atoms with Gasteiger partial charge in [0.05, 0.1) is 0 Å². The van der Waals surface area contributed by atoms with Crippen molar-refractivity contribution >= 4 is 18.0 Å². The van der Waals surface area contributed by atoms with Gasteiger partial charge in [-0.25, -0.2) is 9.78 Å².